The van der Waals surface area contributed by atoms with Crippen molar-refractivity contribution in [3.05, 3.63) is 51.4 Å². The second-order valence-electron chi connectivity index (χ2n) is 5.70. The quantitative estimate of drug-likeness (QED) is 0.346. The zero-order valence-corrected chi connectivity index (χ0v) is 16.6. The molecule has 0 unspecified atom stereocenters. The van der Waals surface area contributed by atoms with Crippen LogP contribution >= 0.6 is 23.4 Å². The monoisotopic (exact) mass is 421 g/mol. The third kappa shape index (κ3) is 4.18. The number of rotatable bonds is 7. The molecule has 1 N–H and O–H groups in total. The van der Waals surface area contributed by atoms with Crippen LogP contribution in [0.4, 0.5) is 11.4 Å². The highest BCUT2D eigenvalue weighted by molar-refractivity contribution is 7.99. The van der Waals surface area contributed by atoms with E-state index in [-0.39, 0.29) is 28.1 Å². The van der Waals surface area contributed by atoms with E-state index < -0.39 is 4.92 Å². The fourth-order valence-corrected chi connectivity index (χ4v) is 3.50. The molecule has 0 atom stereocenters. The maximum atomic E-state index is 12.3. The molecule has 0 saturated carbocycles. The van der Waals surface area contributed by atoms with Gasteiger partial charge in [-0.3, -0.25) is 14.9 Å². The van der Waals surface area contributed by atoms with Crippen molar-refractivity contribution in [3.8, 4) is 11.4 Å². The van der Waals surface area contributed by atoms with Crippen molar-refractivity contribution >= 4 is 40.6 Å². The lowest BCUT2D eigenvalue weighted by Crippen LogP contribution is -2.15. The van der Waals surface area contributed by atoms with E-state index in [2.05, 4.69) is 15.5 Å². The summed E-state index contributed by atoms with van der Waals surface area (Å²) in [6.45, 7) is 4.41. The van der Waals surface area contributed by atoms with Crippen LogP contribution < -0.4 is 5.32 Å². The maximum Gasteiger partial charge on any atom is 0.271 e. The highest BCUT2D eigenvalue weighted by Crippen LogP contribution is 2.29. The molecule has 146 valence electrons. The van der Waals surface area contributed by atoms with Crippen molar-refractivity contribution in [2.45, 2.75) is 25.5 Å². The third-order valence-corrected chi connectivity index (χ3v) is 5.20. The van der Waals surface area contributed by atoms with E-state index in [1.165, 1.54) is 30.0 Å². The number of hydrogen-bond acceptors (Lipinski definition) is 7. The number of non-ortho nitro benzene ring substituents is 1. The number of aryl methyl sites for hydroxylation is 1. The molecule has 28 heavy (non-hydrogen) atoms. The van der Waals surface area contributed by atoms with Crippen LogP contribution in [0.3, 0.4) is 0 Å². The fraction of sp³-hybridized carbons (Fsp3) is 0.235. The lowest BCUT2D eigenvalue weighted by atomic mass is 10.2. The van der Waals surface area contributed by atoms with Crippen LogP contribution in [0, 0.1) is 17.0 Å². The Kier molecular flexibility index (Phi) is 6.00. The molecule has 0 aliphatic heterocycles. The van der Waals surface area contributed by atoms with Crippen molar-refractivity contribution in [1.29, 1.82) is 0 Å². The van der Waals surface area contributed by atoms with Crippen molar-refractivity contribution in [2.75, 3.05) is 11.1 Å². The summed E-state index contributed by atoms with van der Waals surface area (Å²) >= 11 is 7.21. The number of nitro groups is 1. The first-order valence-corrected chi connectivity index (χ1v) is 9.61. The van der Waals surface area contributed by atoms with Crippen LogP contribution in [-0.4, -0.2) is 31.3 Å². The Bertz CT molecular complexity index is 1030. The van der Waals surface area contributed by atoms with Crippen molar-refractivity contribution in [2.24, 2.45) is 0 Å². The first-order valence-electron chi connectivity index (χ1n) is 8.25. The van der Waals surface area contributed by atoms with E-state index >= 15 is 0 Å². The largest absolute Gasteiger partial charge is 0.469 e. The zero-order chi connectivity index (χ0) is 20.3. The molecule has 2 heterocycles. The SMILES string of the molecule is CCn1c(SCC(=O)Nc2cc([N+](=O)[O-])ccc2Cl)nnc1-c1ccoc1C. The second-order valence-corrected chi connectivity index (χ2v) is 7.05. The van der Waals surface area contributed by atoms with Crippen LogP contribution in [0.1, 0.15) is 12.7 Å². The molecule has 9 nitrogen and oxygen atoms in total. The van der Waals surface area contributed by atoms with Gasteiger partial charge in [0.15, 0.2) is 11.0 Å². The number of nitro benzene ring substituents is 1. The molecule has 2 aromatic heterocycles. The molecule has 1 aromatic carbocycles. The number of furan rings is 1. The molecule has 0 fully saturated rings. The minimum Gasteiger partial charge on any atom is -0.469 e. The topological polar surface area (TPSA) is 116 Å². The predicted octanol–water partition coefficient (Wildman–Crippen LogP) is 4.16. The number of carbonyl (C=O) groups is 1. The summed E-state index contributed by atoms with van der Waals surface area (Å²) in [6, 6.07) is 5.68. The lowest BCUT2D eigenvalue weighted by Gasteiger charge is -2.08. The first-order chi connectivity index (χ1) is 13.4. The molecule has 0 saturated heterocycles. The number of hydrogen-bond donors (Lipinski definition) is 1. The van der Waals surface area contributed by atoms with E-state index in [0.717, 1.165) is 11.3 Å². The summed E-state index contributed by atoms with van der Waals surface area (Å²) in [4.78, 5) is 22.6. The van der Waals surface area contributed by atoms with Crippen LogP contribution in [-0.2, 0) is 11.3 Å². The fourth-order valence-electron chi connectivity index (χ4n) is 2.54. The summed E-state index contributed by atoms with van der Waals surface area (Å²) in [6.07, 6.45) is 1.59. The maximum absolute atomic E-state index is 12.3. The standard InChI is InChI=1S/C17H16ClN5O4S/c1-3-22-16(12-6-7-27-10(12)2)20-21-17(22)28-9-15(24)19-14-8-11(23(25)26)4-5-13(14)18/h4-8H,3,9H2,1-2H3,(H,19,24). The van der Waals surface area contributed by atoms with Gasteiger partial charge in [-0.05, 0) is 26.0 Å². The molecule has 0 aliphatic carbocycles. The highest BCUT2D eigenvalue weighted by Gasteiger charge is 2.18. The van der Waals surface area contributed by atoms with Crippen molar-refractivity contribution < 1.29 is 14.1 Å². The Balaban J connectivity index is 1.70. The Morgan fingerprint density at radius 2 is 2.18 bits per heavy atom. The van der Waals surface area contributed by atoms with E-state index in [1.54, 1.807) is 6.26 Å². The van der Waals surface area contributed by atoms with Gasteiger partial charge in [-0.1, -0.05) is 23.4 Å². The average Bonchev–Trinajstić information content (AvgIpc) is 3.26. The summed E-state index contributed by atoms with van der Waals surface area (Å²) in [5, 5.41) is 22.6. The summed E-state index contributed by atoms with van der Waals surface area (Å²) in [5.74, 6) is 1.08. The number of nitrogens with zero attached hydrogens (tertiary/aromatic N) is 4. The summed E-state index contributed by atoms with van der Waals surface area (Å²) < 4.78 is 7.20. The smallest absolute Gasteiger partial charge is 0.271 e. The summed E-state index contributed by atoms with van der Waals surface area (Å²) in [7, 11) is 0. The first kappa shape index (κ1) is 19.9. The number of thioether (sulfide) groups is 1. The van der Waals surface area contributed by atoms with Gasteiger partial charge in [0.05, 0.1) is 33.2 Å². The zero-order valence-electron chi connectivity index (χ0n) is 15.0. The molecule has 3 rings (SSSR count). The number of aromatic nitrogens is 3. The number of carbonyl (C=O) groups excluding carboxylic acids is 1. The summed E-state index contributed by atoms with van der Waals surface area (Å²) in [5.41, 5.74) is 0.875. The van der Waals surface area contributed by atoms with E-state index in [4.69, 9.17) is 16.0 Å². The second kappa shape index (κ2) is 8.44. The lowest BCUT2D eigenvalue weighted by molar-refractivity contribution is -0.384. The molecule has 3 aromatic rings. The van der Waals surface area contributed by atoms with Gasteiger partial charge in [0, 0.05) is 18.7 Å². The van der Waals surface area contributed by atoms with Crippen LogP contribution in [0.15, 0.2) is 40.1 Å². The minimum atomic E-state index is -0.552. The normalized spacial score (nSPS) is 10.8. The number of nitrogens with one attached hydrogen (secondary N) is 1. The van der Waals surface area contributed by atoms with E-state index in [1.807, 2.05) is 24.5 Å². The molecule has 0 spiro atoms. The molecule has 0 aliphatic rings. The van der Waals surface area contributed by atoms with Gasteiger partial charge in [-0.15, -0.1) is 10.2 Å². The minimum absolute atomic E-state index is 0.0432. The average molecular weight is 422 g/mol. The van der Waals surface area contributed by atoms with Gasteiger partial charge in [0.1, 0.15) is 5.76 Å². The molecule has 0 radical (unpaired) electrons. The Morgan fingerprint density at radius 3 is 2.82 bits per heavy atom. The Morgan fingerprint density at radius 1 is 1.39 bits per heavy atom. The van der Waals surface area contributed by atoms with Gasteiger partial charge in [0.25, 0.3) is 5.69 Å². The van der Waals surface area contributed by atoms with Gasteiger partial charge in [-0.2, -0.15) is 0 Å². The molecule has 1 amide bonds. The third-order valence-electron chi connectivity index (χ3n) is 3.90. The van der Waals surface area contributed by atoms with Gasteiger partial charge in [-0.25, -0.2) is 0 Å². The van der Waals surface area contributed by atoms with Crippen LogP contribution in [0.2, 0.25) is 5.02 Å². The Hall–Kier alpha value is -2.85. The molecule has 11 heteroatoms. The number of amides is 1. The van der Waals surface area contributed by atoms with Gasteiger partial charge < -0.3 is 14.3 Å². The Labute approximate surface area is 169 Å². The highest BCUT2D eigenvalue weighted by atomic mass is 35.5. The van der Waals surface area contributed by atoms with Crippen molar-refractivity contribution in [3.63, 3.8) is 0 Å². The van der Waals surface area contributed by atoms with Gasteiger partial charge >= 0.3 is 0 Å². The van der Waals surface area contributed by atoms with E-state index in [9.17, 15) is 14.9 Å². The molecular weight excluding hydrogens is 406 g/mol. The number of anilines is 1. The van der Waals surface area contributed by atoms with E-state index in [0.29, 0.717) is 17.5 Å². The van der Waals surface area contributed by atoms with Crippen LogP contribution in [0.5, 0.6) is 0 Å². The molecular formula is C17H16ClN5O4S. The predicted molar refractivity (Wildman–Crippen MR) is 106 cm³/mol. The molecule has 0 bridgehead atoms. The number of benzene rings is 1. The van der Waals surface area contributed by atoms with Gasteiger partial charge in [0.2, 0.25) is 5.91 Å². The van der Waals surface area contributed by atoms with Crippen LogP contribution in [0.25, 0.3) is 11.4 Å². The van der Waals surface area contributed by atoms with Crippen molar-refractivity contribution in [1.82, 2.24) is 14.8 Å². The number of halogens is 1.